The van der Waals surface area contributed by atoms with Crippen LogP contribution >= 0.6 is 0 Å². The van der Waals surface area contributed by atoms with Crippen molar-refractivity contribution in [1.82, 2.24) is 10.6 Å². The molecule has 1 saturated heterocycles. The Hall–Kier alpha value is -3.80. The number of hydrogen-bond donors (Lipinski definition) is 2. The fourth-order valence-electron chi connectivity index (χ4n) is 3.63. The molecule has 3 aliphatic rings. The summed E-state index contributed by atoms with van der Waals surface area (Å²) in [6, 6.07) is 14.7. The van der Waals surface area contributed by atoms with Crippen LogP contribution in [-0.2, 0) is 4.79 Å². The Labute approximate surface area is 161 Å². The predicted octanol–water partition coefficient (Wildman–Crippen LogP) is 3.03. The maximum absolute atomic E-state index is 12.1. The summed E-state index contributed by atoms with van der Waals surface area (Å²) in [6.45, 7) is 0. The summed E-state index contributed by atoms with van der Waals surface area (Å²) in [5.74, 6) is 0.722. The number of aliphatic imine (C=N–C) groups is 2. The summed E-state index contributed by atoms with van der Waals surface area (Å²) in [6.07, 6.45) is 7.69. The highest BCUT2D eigenvalue weighted by Crippen LogP contribution is 2.29. The van der Waals surface area contributed by atoms with E-state index in [1.165, 1.54) is 0 Å². The van der Waals surface area contributed by atoms with Crippen molar-refractivity contribution >= 4 is 34.9 Å². The van der Waals surface area contributed by atoms with Crippen LogP contribution in [-0.4, -0.2) is 23.5 Å². The van der Waals surface area contributed by atoms with E-state index in [2.05, 4.69) is 20.6 Å². The van der Waals surface area contributed by atoms with Gasteiger partial charge in [0.2, 0.25) is 5.91 Å². The number of nitrogens with zero attached hydrogens (tertiary/aromatic N) is 2. The molecule has 5 rings (SSSR count). The van der Waals surface area contributed by atoms with Gasteiger partial charge in [0, 0.05) is 5.56 Å². The fourth-order valence-corrected chi connectivity index (χ4v) is 3.63. The molecular weight excluding hydrogens is 352 g/mol. The van der Waals surface area contributed by atoms with Crippen LogP contribution < -0.4 is 10.6 Å². The van der Waals surface area contributed by atoms with Crippen LogP contribution in [0, 0.1) is 11.8 Å². The lowest BCUT2D eigenvalue weighted by molar-refractivity contribution is -0.121. The second-order valence-electron chi connectivity index (χ2n) is 6.79. The third kappa shape index (κ3) is 2.75. The van der Waals surface area contributed by atoms with E-state index >= 15 is 0 Å². The summed E-state index contributed by atoms with van der Waals surface area (Å²) in [5, 5.41) is 5.68. The van der Waals surface area contributed by atoms with Gasteiger partial charge in [0.15, 0.2) is 0 Å². The Morgan fingerprint density at radius 1 is 0.750 bits per heavy atom. The zero-order valence-electron chi connectivity index (χ0n) is 14.8. The molecule has 28 heavy (non-hydrogen) atoms. The Bertz CT molecular complexity index is 1130. The van der Waals surface area contributed by atoms with Crippen LogP contribution in [0.4, 0.5) is 11.4 Å². The molecule has 0 spiro atoms. The topological polar surface area (TPSA) is 82.9 Å². The van der Waals surface area contributed by atoms with Gasteiger partial charge in [0.05, 0.1) is 28.8 Å². The van der Waals surface area contributed by atoms with Crippen LogP contribution in [0.5, 0.6) is 0 Å². The van der Waals surface area contributed by atoms with Crippen molar-refractivity contribution in [3.05, 3.63) is 84.0 Å². The first-order chi connectivity index (χ1) is 13.7. The molecule has 6 nitrogen and oxygen atoms in total. The van der Waals surface area contributed by atoms with E-state index in [1.54, 1.807) is 6.07 Å². The van der Waals surface area contributed by atoms with Gasteiger partial charge in [-0.2, -0.15) is 0 Å². The average molecular weight is 368 g/mol. The highest BCUT2D eigenvalue weighted by Gasteiger charge is 2.37. The number of benzene rings is 2. The van der Waals surface area contributed by atoms with Gasteiger partial charge < -0.3 is 10.6 Å². The first kappa shape index (κ1) is 16.4. The lowest BCUT2D eigenvalue weighted by Crippen LogP contribution is -2.22. The molecule has 136 valence electrons. The van der Waals surface area contributed by atoms with Crippen molar-refractivity contribution in [3.63, 3.8) is 0 Å². The van der Waals surface area contributed by atoms with Gasteiger partial charge >= 0.3 is 0 Å². The van der Waals surface area contributed by atoms with E-state index in [4.69, 9.17) is 0 Å². The minimum absolute atomic E-state index is 0.0361. The third-order valence-electron chi connectivity index (χ3n) is 4.98. The normalized spacial score (nSPS) is 25.0. The summed E-state index contributed by atoms with van der Waals surface area (Å²) >= 11 is 0. The molecule has 1 fully saturated rings. The number of nitrogens with one attached hydrogen (secondary N) is 2. The molecule has 2 aliphatic heterocycles. The first-order valence-corrected chi connectivity index (χ1v) is 9.03. The van der Waals surface area contributed by atoms with Crippen molar-refractivity contribution < 1.29 is 9.59 Å². The van der Waals surface area contributed by atoms with E-state index in [-0.39, 0.29) is 23.7 Å². The first-order valence-electron chi connectivity index (χ1n) is 9.03. The molecule has 2 aromatic carbocycles. The molecule has 0 bridgehead atoms. The zero-order valence-corrected chi connectivity index (χ0v) is 14.8. The van der Waals surface area contributed by atoms with Crippen molar-refractivity contribution in [2.75, 3.05) is 0 Å². The maximum Gasteiger partial charge on any atom is 0.257 e. The molecule has 6 heteroatoms. The maximum atomic E-state index is 12.1. The quantitative estimate of drug-likeness (QED) is 0.854. The second kappa shape index (κ2) is 6.42. The number of rotatable bonds is 2. The number of fused-ring (bicyclic) bond motifs is 2. The van der Waals surface area contributed by atoms with Gasteiger partial charge in [-0.05, 0) is 24.3 Å². The van der Waals surface area contributed by atoms with E-state index in [9.17, 15) is 9.59 Å². The number of hydrogen-bond acceptors (Lipinski definition) is 4. The minimum Gasteiger partial charge on any atom is -0.313 e. The van der Waals surface area contributed by atoms with Gasteiger partial charge in [-0.3, -0.25) is 9.59 Å². The molecular formula is C22H16N4O2. The van der Waals surface area contributed by atoms with Gasteiger partial charge in [-0.15, -0.1) is 0 Å². The summed E-state index contributed by atoms with van der Waals surface area (Å²) < 4.78 is 0. The van der Waals surface area contributed by atoms with Gasteiger partial charge in [-0.1, -0.05) is 48.6 Å². The second-order valence-corrected chi connectivity index (χ2v) is 6.79. The molecule has 0 aromatic heterocycles. The van der Waals surface area contributed by atoms with Crippen molar-refractivity contribution in [3.8, 4) is 0 Å². The molecule has 0 radical (unpaired) electrons. The Morgan fingerprint density at radius 2 is 1.46 bits per heavy atom. The van der Waals surface area contributed by atoms with Crippen LogP contribution in [0.15, 0.2) is 82.8 Å². The number of carbonyl (C=O) groups excluding carboxylic acids is 2. The molecule has 2 N–H and O–H groups in total. The summed E-state index contributed by atoms with van der Waals surface area (Å²) in [4.78, 5) is 33.4. The van der Waals surface area contributed by atoms with Crippen molar-refractivity contribution in [1.29, 1.82) is 0 Å². The number of amidine groups is 2. The third-order valence-corrected chi connectivity index (χ3v) is 4.98. The Morgan fingerprint density at radius 3 is 2.29 bits per heavy atom. The SMILES string of the molecule is O=C1NC(=Nc2cccc(N=C3NC(=O)C4C=CC=CC34)c2)c2ccccc21. The molecule has 2 atom stereocenters. The van der Waals surface area contributed by atoms with E-state index < -0.39 is 0 Å². The number of allylic oxidation sites excluding steroid dienone is 2. The molecule has 2 heterocycles. The summed E-state index contributed by atoms with van der Waals surface area (Å²) in [7, 11) is 0. The molecule has 2 aromatic rings. The fraction of sp³-hybridized carbons (Fsp3) is 0.0909. The van der Waals surface area contributed by atoms with Crippen LogP contribution in [0.3, 0.4) is 0 Å². The van der Waals surface area contributed by atoms with Crippen molar-refractivity contribution in [2.45, 2.75) is 0 Å². The van der Waals surface area contributed by atoms with Gasteiger partial charge in [0.1, 0.15) is 11.7 Å². The number of carbonyl (C=O) groups is 2. The lowest BCUT2D eigenvalue weighted by Gasteiger charge is -2.11. The molecule has 1 aliphatic carbocycles. The Kier molecular flexibility index (Phi) is 3.76. The van der Waals surface area contributed by atoms with E-state index in [0.717, 1.165) is 5.56 Å². The largest absolute Gasteiger partial charge is 0.313 e. The highest BCUT2D eigenvalue weighted by molar-refractivity contribution is 6.24. The van der Waals surface area contributed by atoms with E-state index in [0.29, 0.717) is 28.6 Å². The molecule has 2 amide bonds. The number of amides is 2. The monoisotopic (exact) mass is 368 g/mol. The van der Waals surface area contributed by atoms with Crippen molar-refractivity contribution in [2.24, 2.45) is 21.8 Å². The van der Waals surface area contributed by atoms with E-state index in [1.807, 2.05) is 66.8 Å². The van der Waals surface area contributed by atoms with Crippen LogP contribution in [0.2, 0.25) is 0 Å². The zero-order chi connectivity index (χ0) is 19.1. The minimum atomic E-state index is -0.197. The predicted molar refractivity (Wildman–Crippen MR) is 107 cm³/mol. The molecule has 2 unspecified atom stereocenters. The standard InChI is InChI=1S/C22H16N4O2/c27-21-17-10-3-1-8-15(17)19(25-21)23-13-6-5-7-14(12-13)24-20-16-9-2-4-11-18(16)22(28)26-20/h1-12,15,17H,(H,23,25,27)(H,24,26,28). The van der Waals surface area contributed by atoms with Crippen LogP contribution in [0.25, 0.3) is 0 Å². The molecule has 0 saturated carbocycles. The highest BCUT2D eigenvalue weighted by atomic mass is 16.2. The average Bonchev–Trinajstić information content (AvgIpc) is 3.20. The van der Waals surface area contributed by atoms with Gasteiger partial charge in [-0.25, -0.2) is 9.98 Å². The van der Waals surface area contributed by atoms with Crippen LogP contribution in [0.1, 0.15) is 15.9 Å². The summed E-state index contributed by atoms with van der Waals surface area (Å²) in [5.41, 5.74) is 2.77. The Balaban J connectivity index is 1.47. The lowest BCUT2D eigenvalue weighted by atomic mass is 9.91. The van der Waals surface area contributed by atoms with Gasteiger partial charge in [0.25, 0.3) is 5.91 Å². The smallest absolute Gasteiger partial charge is 0.257 e.